The molecule has 0 aliphatic rings. The smallest absolute Gasteiger partial charge is 0.256 e. The van der Waals surface area contributed by atoms with Crippen LogP contribution in [-0.4, -0.2) is 5.91 Å². The molecule has 0 spiro atoms. The first-order chi connectivity index (χ1) is 9.41. The minimum absolute atomic E-state index is 0.273. The third-order valence-electron chi connectivity index (χ3n) is 2.56. The number of rotatable bonds is 2. The molecule has 0 bridgehead atoms. The lowest BCUT2D eigenvalue weighted by atomic mass is 10.2. The van der Waals surface area contributed by atoms with Crippen molar-refractivity contribution in [2.24, 2.45) is 0 Å². The van der Waals surface area contributed by atoms with Gasteiger partial charge in [0.2, 0.25) is 0 Å². The lowest BCUT2D eigenvalue weighted by Gasteiger charge is -2.11. The van der Waals surface area contributed by atoms with Gasteiger partial charge in [-0.25, -0.2) is 0 Å². The number of hydrogen-bond acceptors (Lipinski definition) is 2. The molecule has 2 aromatic carbocycles. The maximum Gasteiger partial charge on any atom is 0.256 e. The summed E-state index contributed by atoms with van der Waals surface area (Å²) in [5, 5.41) is 3.32. The van der Waals surface area contributed by atoms with E-state index in [4.69, 9.17) is 28.9 Å². The van der Waals surface area contributed by atoms with Gasteiger partial charge in [-0.1, -0.05) is 29.3 Å². The summed E-state index contributed by atoms with van der Waals surface area (Å²) in [5.41, 5.74) is 7.08. The first kappa shape index (κ1) is 15.6. The van der Waals surface area contributed by atoms with Crippen molar-refractivity contribution in [3.8, 4) is 0 Å². The average Bonchev–Trinajstić information content (AvgIpc) is 2.42. The lowest BCUT2D eigenvalue weighted by molar-refractivity contribution is 0.102. The fourth-order valence-electron chi connectivity index (χ4n) is 1.54. The number of nitrogens with one attached hydrogen (secondary N) is 1. The summed E-state index contributed by atoms with van der Waals surface area (Å²) >= 11 is 18.6. The highest BCUT2D eigenvalue weighted by molar-refractivity contribution is 9.11. The molecule has 0 saturated heterocycles. The van der Waals surface area contributed by atoms with Crippen LogP contribution >= 0.6 is 55.1 Å². The molecule has 7 heteroatoms. The largest absolute Gasteiger partial charge is 0.398 e. The van der Waals surface area contributed by atoms with E-state index in [1.54, 1.807) is 30.3 Å². The Morgan fingerprint density at radius 3 is 2.50 bits per heavy atom. The first-order valence-electron chi connectivity index (χ1n) is 5.40. The molecule has 0 unspecified atom stereocenters. The number of nitrogen functional groups attached to an aromatic ring is 1. The molecular formula is C13H8Br2Cl2N2O. The zero-order valence-corrected chi connectivity index (χ0v) is 14.6. The third kappa shape index (κ3) is 3.11. The van der Waals surface area contributed by atoms with Crippen LogP contribution in [0.4, 0.5) is 11.4 Å². The Kier molecular flexibility index (Phi) is 4.96. The van der Waals surface area contributed by atoms with Crippen LogP contribution in [0, 0.1) is 0 Å². The molecule has 0 atom stereocenters. The average molecular weight is 439 g/mol. The Hall–Kier alpha value is -0.750. The van der Waals surface area contributed by atoms with E-state index in [9.17, 15) is 4.79 Å². The van der Waals surface area contributed by atoms with E-state index < -0.39 is 0 Å². The topological polar surface area (TPSA) is 55.1 Å². The molecule has 0 radical (unpaired) electrons. The normalized spacial score (nSPS) is 10.4. The minimum Gasteiger partial charge on any atom is -0.398 e. The van der Waals surface area contributed by atoms with Crippen molar-refractivity contribution in [1.29, 1.82) is 0 Å². The van der Waals surface area contributed by atoms with Gasteiger partial charge in [-0.3, -0.25) is 4.79 Å². The second-order valence-electron chi connectivity index (χ2n) is 3.89. The molecule has 1 amide bonds. The summed E-state index contributed by atoms with van der Waals surface area (Å²) in [4.78, 5) is 12.2. The van der Waals surface area contributed by atoms with Crippen LogP contribution in [0.5, 0.6) is 0 Å². The van der Waals surface area contributed by atoms with E-state index in [0.29, 0.717) is 30.9 Å². The van der Waals surface area contributed by atoms with E-state index in [2.05, 4.69) is 37.2 Å². The Labute approximate surface area is 142 Å². The number of benzene rings is 2. The van der Waals surface area contributed by atoms with Crippen molar-refractivity contribution < 1.29 is 4.79 Å². The summed E-state index contributed by atoms with van der Waals surface area (Å²) < 4.78 is 1.20. The molecule has 0 heterocycles. The van der Waals surface area contributed by atoms with Gasteiger partial charge in [0, 0.05) is 10.2 Å². The Balaban J connectivity index is 2.33. The van der Waals surface area contributed by atoms with Crippen LogP contribution in [0.2, 0.25) is 10.0 Å². The van der Waals surface area contributed by atoms with Crippen molar-refractivity contribution in [3.05, 3.63) is 54.9 Å². The van der Waals surface area contributed by atoms with Crippen molar-refractivity contribution in [1.82, 2.24) is 0 Å². The number of halogens is 4. The highest BCUT2D eigenvalue weighted by atomic mass is 79.9. The number of carbonyl (C=O) groups excluding carboxylic acids is 1. The lowest BCUT2D eigenvalue weighted by Crippen LogP contribution is -2.13. The van der Waals surface area contributed by atoms with Gasteiger partial charge in [0.15, 0.2) is 0 Å². The summed E-state index contributed by atoms with van der Waals surface area (Å²) in [6.07, 6.45) is 0. The molecule has 3 nitrogen and oxygen atoms in total. The van der Waals surface area contributed by atoms with Crippen LogP contribution in [0.3, 0.4) is 0 Å². The van der Waals surface area contributed by atoms with E-state index >= 15 is 0 Å². The number of nitrogens with two attached hydrogens (primary N) is 1. The van der Waals surface area contributed by atoms with Gasteiger partial charge < -0.3 is 11.1 Å². The van der Waals surface area contributed by atoms with Gasteiger partial charge in [-0.2, -0.15) is 0 Å². The van der Waals surface area contributed by atoms with Crippen LogP contribution in [-0.2, 0) is 0 Å². The molecule has 2 aromatic rings. The van der Waals surface area contributed by atoms with E-state index in [0.717, 1.165) is 0 Å². The Bertz CT molecular complexity index is 692. The van der Waals surface area contributed by atoms with Crippen LogP contribution < -0.4 is 11.1 Å². The molecule has 0 aliphatic carbocycles. The Morgan fingerprint density at radius 1 is 1.10 bits per heavy atom. The maximum absolute atomic E-state index is 12.2. The standard InChI is InChI=1S/C13H8Br2Cl2N2O/c14-7-4-5-9(12(17)11(7)16)19-13(20)6-2-1-3-8(18)10(6)15/h1-5H,18H2,(H,19,20). The highest BCUT2D eigenvalue weighted by Gasteiger charge is 2.15. The Morgan fingerprint density at radius 2 is 1.80 bits per heavy atom. The summed E-state index contributed by atoms with van der Waals surface area (Å²) in [7, 11) is 0. The van der Waals surface area contributed by atoms with Gasteiger partial charge >= 0.3 is 0 Å². The van der Waals surface area contributed by atoms with Crippen molar-refractivity contribution in [3.63, 3.8) is 0 Å². The zero-order chi connectivity index (χ0) is 14.9. The maximum atomic E-state index is 12.2. The van der Waals surface area contributed by atoms with Gasteiger partial charge in [-0.05, 0) is 56.1 Å². The third-order valence-corrected chi connectivity index (χ3v) is 5.21. The molecule has 0 saturated carbocycles. The van der Waals surface area contributed by atoms with E-state index in [1.807, 2.05) is 0 Å². The number of amides is 1. The number of anilines is 2. The van der Waals surface area contributed by atoms with Gasteiger partial charge in [-0.15, -0.1) is 0 Å². The van der Waals surface area contributed by atoms with Gasteiger partial charge in [0.1, 0.15) is 0 Å². The molecule has 3 N–H and O–H groups in total. The fraction of sp³-hybridized carbons (Fsp3) is 0. The predicted octanol–water partition coefficient (Wildman–Crippen LogP) is 5.35. The number of hydrogen-bond donors (Lipinski definition) is 2. The highest BCUT2D eigenvalue weighted by Crippen LogP contribution is 2.36. The van der Waals surface area contributed by atoms with Gasteiger partial charge in [0.25, 0.3) is 5.91 Å². The molecule has 0 aromatic heterocycles. The van der Waals surface area contributed by atoms with Crippen LogP contribution in [0.15, 0.2) is 39.3 Å². The van der Waals surface area contributed by atoms with Crippen LogP contribution in [0.25, 0.3) is 0 Å². The first-order valence-corrected chi connectivity index (χ1v) is 7.75. The van der Waals surface area contributed by atoms with Crippen molar-refractivity contribution >= 4 is 72.3 Å². The quantitative estimate of drug-likeness (QED) is 0.490. The van der Waals surface area contributed by atoms with Crippen LogP contribution in [0.1, 0.15) is 10.4 Å². The fourth-order valence-corrected chi connectivity index (χ4v) is 2.80. The monoisotopic (exact) mass is 436 g/mol. The predicted molar refractivity (Wildman–Crippen MR) is 90.7 cm³/mol. The molecular weight excluding hydrogens is 431 g/mol. The second-order valence-corrected chi connectivity index (χ2v) is 6.29. The minimum atomic E-state index is -0.329. The molecule has 20 heavy (non-hydrogen) atoms. The molecule has 2 rings (SSSR count). The summed E-state index contributed by atoms with van der Waals surface area (Å²) in [6.45, 7) is 0. The number of carbonyl (C=O) groups is 1. The molecule has 0 fully saturated rings. The summed E-state index contributed by atoms with van der Waals surface area (Å²) in [6, 6.07) is 8.42. The van der Waals surface area contributed by atoms with Crippen molar-refractivity contribution in [2.45, 2.75) is 0 Å². The molecule has 0 aliphatic heterocycles. The zero-order valence-electron chi connectivity index (χ0n) is 9.88. The van der Waals surface area contributed by atoms with Crippen molar-refractivity contribution in [2.75, 3.05) is 11.1 Å². The van der Waals surface area contributed by atoms with Gasteiger partial charge in [0.05, 0.1) is 25.8 Å². The van der Waals surface area contributed by atoms with E-state index in [1.165, 1.54) is 0 Å². The van der Waals surface area contributed by atoms with E-state index in [-0.39, 0.29) is 10.9 Å². The summed E-state index contributed by atoms with van der Waals surface area (Å²) in [5.74, 6) is -0.329. The SMILES string of the molecule is Nc1cccc(C(=O)Nc2ccc(Br)c(Cl)c2Cl)c1Br. The second kappa shape index (κ2) is 6.35. The molecule has 104 valence electrons.